The van der Waals surface area contributed by atoms with Crippen LogP contribution in [-0.2, 0) is 4.79 Å². The number of hydrogen-bond donors (Lipinski definition) is 3. The summed E-state index contributed by atoms with van der Waals surface area (Å²) in [6.45, 7) is 4.00. The van der Waals surface area contributed by atoms with Crippen molar-refractivity contribution in [2.75, 3.05) is 12.4 Å². The smallest absolute Gasteiger partial charge is 0.228 e. The molecule has 1 aliphatic carbocycles. The van der Waals surface area contributed by atoms with Crippen LogP contribution in [0.2, 0.25) is 0 Å². The number of rotatable bonds is 2. The number of amides is 1. The monoisotopic (exact) mass is 263 g/mol. The van der Waals surface area contributed by atoms with Crippen LogP contribution in [0.5, 0.6) is 0 Å². The van der Waals surface area contributed by atoms with Gasteiger partial charge in [-0.25, -0.2) is 4.98 Å². The third-order valence-electron chi connectivity index (χ3n) is 2.66. The van der Waals surface area contributed by atoms with E-state index >= 15 is 0 Å². The van der Waals surface area contributed by atoms with Gasteiger partial charge in [-0.3, -0.25) is 4.79 Å². The average Bonchev–Trinajstić information content (AvgIpc) is 3.22. The number of aliphatic hydroxyl groups is 1. The van der Waals surface area contributed by atoms with Gasteiger partial charge >= 0.3 is 0 Å². The fourth-order valence-electron chi connectivity index (χ4n) is 1.64. The zero-order valence-electron chi connectivity index (χ0n) is 11.6. The summed E-state index contributed by atoms with van der Waals surface area (Å²) < 4.78 is 0. The van der Waals surface area contributed by atoms with E-state index in [1.54, 1.807) is 6.20 Å². The number of nitrogens with zero attached hydrogens (tertiary/aromatic N) is 1. The maximum atomic E-state index is 11.6. The van der Waals surface area contributed by atoms with E-state index in [9.17, 15) is 4.79 Å². The van der Waals surface area contributed by atoms with Crippen molar-refractivity contribution in [3.8, 4) is 0 Å². The number of hydrogen-bond acceptors (Lipinski definition) is 3. The lowest BCUT2D eigenvalue weighted by Gasteiger charge is -2.03. The van der Waals surface area contributed by atoms with E-state index < -0.39 is 0 Å². The molecule has 0 bridgehead atoms. The normalized spacial score (nSPS) is 12.8. The first-order valence-corrected chi connectivity index (χ1v) is 6.52. The molecular weight excluding hydrogens is 242 g/mol. The van der Waals surface area contributed by atoms with Gasteiger partial charge in [0.05, 0.1) is 5.52 Å². The van der Waals surface area contributed by atoms with Crippen molar-refractivity contribution in [3.63, 3.8) is 0 Å². The highest BCUT2D eigenvalue weighted by atomic mass is 16.2. The van der Waals surface area contributed by atoms with E-state index in [4.69, 9.17) is 5.11 Å². The molecule has 0 spiro atoms. The molecule has 1 amide bonds. The van der Waals surface area contributed by atoms with Gasteiger partial charge in [-0.15, -0.1) is 0 Å². The van der Waals surface area contributed by atoms with Crippen LogP contribution in [0.25, 0.3) is 10.9 Å². The molecule has 1 fully saturated rings. The number of fused-ring (bicyclic) bond motifs is 1. The number of aromatic amines is 1. The van der Waals surface area contributed by atoms with Gasteiger partial charge in [-0.1, -0.05) is 13.8 Å². The maximum Gasteiger partial charge on any atom is 0.228 e. The van der Waals surface area contributed by atoms with Crippen molar-refractivity contribution >= 4 is 22.6 Å². The highest BCUT2D eigenvalue weighted by Crippen LogP contribution is 2.30. The van der Waals surface area contributed by atoms with Gasteiger partial charge in [0.1, 0.15) is 0 Å². The molecule has 0 unspecified atom stereocenters. The molecule has 3 rings (SSSR count). The first-order chi connectivity index (χ1) is 9.34. The Morgan fingerprint density at radius 1 is 1.37 bits per heavy atom. The van der Waals surface area contributed by atoms with Crippen LogP contribution in [0.15, 0.2) is 24.5 Å². The summed E-state index contributed by atoms with van der Waals surface area (Å²) in [5.74, 6) is 0.927. The number of carbonyl (C=O) groups excluding carboxylic acids is 1. The molecule has 0 atom stereocenters. The summed E-state index contributed by atoms with van der Waals surface area (Å²) in [5.41, 5.74) is 0.895. The Kier molecular flexibility index (Phi) is 6.02. The number of pyridine rings is 1. The van der Waals surface area contributed by atoms with E-state index in [1.165, 1.54) is 0 Å². The summed E-state index contributed by atoms with van der Waals surface area (Å²) in [6, 6.07) is 3.88. The third-order valence-corrected chi connectivity index (χ3v) is 2.66. The standard InChI is InChI=1S/C11H11N3O.C2H6.CH4O/c15-11(8-1-2-8)14-10-9-7(3-5-12-9)4-6-13-10;2*1-2/h3-6,8,12H,1-2H2,(H,13,14,15);1-2H3;2H,1H3. The minimum absolute atomic E-state index is 0.0876. The van der Waals surface area contributed by atoms with Gasteiger partial charge in [0.2, 0.25) is 5.91 Å². The van der Waals surface area contributed by atoms with Gasteiger partial charge in [0.25, 0.3) is 0 Å². The molecule has 2 aromatic rings. The molecule has 5 nitrogen and oxygen atoms in total. The molecule has 1 aliphatic rings. The SMILES string of the molecule is CC.CO.O=C(Nc1nccc2cc[nH]c12)C1CC1. The maximum absolute atomic E-state index is 11.6. The Morgan fingerprint density at radius 3 is 2.68 bits per heavy atom. The Labute approximate surface area is 113 Å². The van der Waals surface area contributed by atoms with Crippen LogP contribution in [0, 0.1) is 5.92 Å². The van der Waals surface area contributed by atoms with Crippen LogP contribution in [0.3, 0.4) is 0 Å². The first-order valence-electron chi connectivity index (χ1n) is 6.52. The highest BCUT2D eigenvalue weighted by Gasteiger charge is 2.30. The van der Waals surface area contributed by atoms with Crippen molar-refractivity contribution < 1.29 is 9.90 Å². The highest BCUT2D eigenvalue weighted by molar-refractivity contribution is 6.00. The second kappa shape index (κ2) is 7.53. The van der Waals surface area contributed by atoms with Crippen LogP contribution in [-0.4, -0.2) is 28.1 Å². The second-order valence-corrected chi connectivity index (χ2v) is 3.86. The van der Waals surface area contributed by atoms with Crippen LogP contribution >= 0.6 is 0 Å². The fraction of sp³-hybridized carbons (Fsp3) is 0.429. The molecule has 3 N–H and O–H groups in total. The van der Waals surface area contributed by atoms with E-state index in [2.05, 4.69) is 15.3 Å². The molecule has 0 radical (unpaired) electrons. The molecule has 2 aromatic heterocycles. The summed E-state index contributed by atoms with van der Waals surface area (Å²) in [4.78, 5) is 18.8. The zero-order chi connectivity index (χ0) is 14.3. The lowest BCUT2D eigenvalue weighted by atomic mass is 10.3. The van der Waals surface area contributed by atoms with E-state index in [0.717, 1.165) is 30.9 Å². The molecule has 0 aliphatic heterocycles. The number of anilines is 1. The number of carbonyl (C=O) groups is 1. The summed E-state index contributed by atoms with van der Waals surface area (Å²) in [7, 11) is 1.00. The van der Waals surface area contributed by atoms with Gasteiger partial charge in [-0.2, -0.15) is 0 Å². The molecule has 2 heterocycles. The van der Waals surface area contributed by atoms with E-state index in [0.29, 0.717) is 5.82 Å². The van der Waals surface area contributed by atoms with E-state index in [-0.39, 0.29) is 11.8 Å². The lowest BCUT2D eigenvalue weighted by Crippen LogP contribution is -2.14. The molecule has 1 saturated carbocycles. The van der Waals surface area contributed by atoms with Crippen molar-refractivity contribution in [2.24, 2.45) is 5.92 Å². The average molecular weight is 263 g/mol. The number of aromatic nitrogens is 2. The van der Waals surface area contributed by atoms with Crippen molar-refractivity contribution in [3.05, 3.63) is 24.5 Å². The Balaban J connectivity index is 0.000000415. The molecule has 19 heavy (non-hydrogen) atoms. The van der Waals surface area contributed by atoms with Gasteiger partial charge < -0.3 is 15.4 Å². The predicted octanol–water partition coefficient (Wildman–Crippen LogP) is 2.55. The summed E-state index contributed by atoms with van der Waals surface area (Å²) in [5, 5.41) is 10.9. The van der Waals surface area contributed by atoms with Crippen molar-refractivity contribution in [1.29, 1.82) is 0 Å². The molecule has 5 heteroatoms. The topological polar surface area (TPSA) is 78.0 Å². The largest absolute Gasteiger partial charge is 0.400 e. The molecule has 0 aromatic carbocycles. The number of nitrogens with one attached hydrogen (secondary N) is 2. The second-order valence-electron chi connectivity index (χ2n) is 3.86. The zero-order valence-corrected chi connectivity index (χ0v) is 11.6. The minimum atomic E-state index is 0.0876. The quantitative estimate of drug-likeness (QED) is 0.779. The van der Waals surface area contributed by atoms with Crippen molar-refractivity contribution in [1.82, 2.24) is 9.97 Å². The molecule has 104 valence electrons. The van der Waals surface area contributed by atoms with Gasteiger partial charge in [-0.05, 0) is 25.0 Å². The van der Waals surface area contributed by atoms with Crippen LogP contribution in [0.4, 0.5) is 5.82 Å². The van der Waals surface area contributed by atoms with Gasteiger partial charge in [0, 0.05) is 30.8 Å². The van der Waals surface area contributed by atoms with E-state index in [1.807, 2.05) is 32.2 Å². The summed E-state index contributed by atoms with van der Waals surface area (Å²) >= 11 is 0. The van der Waals surface area contributed by atoms with Crippen molar-refractivity contribution in [2.45, 2.75) is 26.7 Å². The lowest BCUT2D eigenvalue weighted by molar-refractivity contribution is -0.117. The van der Waals surface area contributed by atoms with Crippen LogP contribution in [0.1, 0.15) is 26.7 Å². The number of aliphatic hydroxyl groups excluding tert-OH is 1. The first kappa shape index (κ1) is 15.2. The Hall–Kier alpha value is -1.88. The minimum Gasteiger partial charge on any atom is -0.400 e. The van der Waals surface area contributed by atoms with Gasteiger partial charge in [0.15, 0.2) is 5.82 Å². The number of H-pyrrole nitrogens is 1. The summed E-state index contributed by atoms with van der Waals surface area (Å²) in [6.07, 6.45) is 5.57. The molecule has 0 saturated heterocycles. The third kappa shape index (κ3) is 3.79. The predicted molar refractivity (Wildman–Crippen MR) is 76.9 cm³/mol. The van der Waals surface area contributed by atoms with Crippen LogP contribution < -0.4 is 5.32 Å². The Bertz CT molecular complexity index is 518. The Morgan fingerprint density at radius 2 is 2.05 bits per heavy atom. The molecular formula is C14H21N3O2. The fourth-order valence-corrected chi connectivity index (χ4v) is 1.64.